The molecule has 5 heteroatoms. The number of anilines is 1. The Balaban J connectivity index is 1.84. The lowest BCUT2D eigenvalue weighted by Gasteiger charge is -2.13. The fraction of sp³-hybridized carbons (Fsp3) is 0.105. The van der Waals surface area contributed by atoms with Crippen LogP contribution in [0.2, 0.25) is 5.02 Å². The third-order valence-corrected chi connectivity index (χ3v) is 3.85. The third-order valence-electron chi connectivity index (χ3n) is 3.62. The molecule has 0 fully saturated rings. The molecule has 4 nitrogen and oxygen atoms in total. The van der Waals surface area contributed by atoms with Gasteiger partial charge in [-0.3, -0.25) is 4.79 Å². The Kier molecular flexibility index (Phi) is 4.99. The fourth-order valence-corrected chi connectivity index (χ4v) is 2.60. The number of nitrogens with zero attached hydrogens (tertiary/aromatic N) is 1. The highest BCUT2D eigenvalue weighted by Crippen LogP contribution is 2.25. The second kappa shape index (κ2) is 7.34. The van der Waals surface area contributed by atoms with Crippen molar-refractivity contribution in [2.24, 2.45) is 0 Å². The van der Waals surface area contributed by atoms with E-state index in [1.54, 1.807) is 31.4 Å². The maximum atomic E-state index is 12.5. The van der Waals surface area contributed by atoms with Gasteiger partial charge in [-0.15, -0.1) is 0 Å². The summed E-state index contributed by atoms with van der Waals surface area (Å²) >= 11 is 6.10. The van der Waals surface area contributed by atoms with Crippen LogP contribution < -0.4 is 5.32 Å². The van der Waals surface area contributed by atoms with Crippen molar-refractivity contribution in [3.8, 4) is 5.69 Å². The van der Waals surface area contributed by atoms with Crippen molar-refractivity contribution in [3.63, 3.8) is 0 Å². The topological polar surface area (TPSA) is 43.3 Å². The molecule has 1 N–H and O–H groups in total. The predicted molar refractivity (Wildman–Crippen MR) is 95.9 cm³/mol. The van der Waals surface area contributed by atoms with Crippen LogP contribution in [0, 0.1) is 0 Å². The molecule has 122 valence electrons. The lowest BCUT2D eigenvalue weighted by molar-refractivity contribution is 0.102. The highest BCUT2D eigenvalue weighted by Gasteiger charge is 2.11. The van der Waals surface area contributed by atoms with Gasteiger partial charge in [0, 0.05) is 30.1 Å². The van der Waals surface area contributed by atoms with Gasteiger partial charge in [-0.2, -0.15) is 0 Å². The summed E-state index contributed by atoms with van der Waals surface area (Å²) in [6.45, 7) is 0.525. The van der Waals surface area contributed by atoms with Crippen molar-refractivity contribution in [3.05, 3.63) is 83.1 Å². The van der Waals surface area contributed by atoms with Crippen LogP contribution in [0.25, 0.3) is 5.69 Å². The molecule has 0 saturated heterocycles. The van der Waals surface area contributed by atoms with Crippen molar-refractivity contribution in [2.45, 2.75) is 6.61 Å². The van der Waals surface area contributed by atoms with E-state index in [-0.39, 0.29) is 5.91 Å². The number of aromatic nitrogens is 1. The normalized spacial score (nSPS) is 10.6. The molecule has 2 aromatic carbocycles. The summed E-state index contributed by atoms with van der Waals surface area (Å²) in [5.74, 6) is -0.172. The number of benzene rings is 2. The summed E-state index contributed by atoms with van der Waals surface area (Å²) in [6.07, 6.45) is 3.81. The summed E-state index contributed by atoms with van der Waals surface area (Å²) in [7, 11) is 1.64. The molecule has 1 aromatic heterocycles. The molecule has 0 unspecified atom stereocenters. The van der Waals surface area contributed by atoms with E-state index in [4.69, 9.17) is 16.3 Å². The zero-order valence-electron chi connectivity index (χ0n) is 13.2. The highest BCUT2D eigenvalue weighted by atomic mass is 35.5. The molecule has 1 heterocycles. The minimum absolute atomic E-state index is 0.172. The van der Waals surface area contributed by atoms with E-state index in [9.17, 15) is 4.79 Å². The lowest BCUT2D eigenvalue weighted by Crippen LogP contribution is -2.13. The van der Waals surface area contributed by atoms with Gasteiger partial charge in [0.15, 0.2) is 0 Å². The van der Waals surface area contributed by atoms with Gasteiger partial charge in [0.05, 0.1) is 18.0 Å². The minimum Gasteiger partial charge on any atom is -0.380 e. The molecule has 0 aliphatic heterocycles. The molecule has 3 rings (SSSR count). The van der Waals surface area contributed by atoms with E-state index in [2.05, 4.69) is 5.32 Å². The molecule has 0 aliphatic carbocycles. The maximum Gasteiger partial charge on any atom is 0.255 e. The standard InChI is InChI=1S/C19H17ClN2O2/c1-24-13-14-4-6-15(7-5-14)19(23)21-17-9-8-16(20)12-18(17)22-10-2-3-11-22/h2-12H,13H2,1H3,(H,21,23). The first-order chi connectivity index (χ1) is 11.7. The number of hydrogen-bond acceptors (Lipinski definition) is 2. The zero-order chi connectivity index (χ0) is 16.9. The second-order valence-corrected chi connectivity index (χ2v) is 5.77. The number of methoxy groups -OCH3 is 1. The number of amides is 1. The van der Waals surface area contributed by atoms with Crippen LogP contribution in [0.4, 0.5) is 5.69 Å². The summed E-state index contributed by atoms with van der Waals surface area (Å²) in [5, 5.41) is 3.56. The molecule has 0 aliphatic rings. The van der Waals surface area contributed by atoms with E-state index in [0.29, 0.717) is 22.9 Å². The van der Waals surface area contributed by atoms with Crippen LogP contribution in [-0.2, 0) is 11.3 Å². The summed E-state index contributed by atoms with van der Waals surface area (Å²) in [6, 6.07) is 16.5. The van der Waals surface area contributed by atoms with Crippen LogP contribution in [0.3, 0.4) is 0 Å². The molecule has 0 saturated carbocycles. The van der Waals surface area contributed by atoms with Crippen molar-refractivity contribution in [2.75, 3.05) is 12.4 Å². The molecule has 0 atom stereocenters. The fourth-order valence-electron chi connectivity index (χ4n) is 2.43. The molecule has 0 spiro atoms. The zero-order valence-corrected chi connectivity index (χ0v) is 14.0. The van der Waals surface area contributed by atoms with E-state index in [0.717, 1.165) is 11.3 Å². The summed E-state index contributed by atoms with van der Waals surface area (Å²) in [4.78, 5) is 12.5. The van der Waals surface area contributed by atoms with Gasteiger partial charge in [0.1, 0.15) is 0 Å². The Morgan fingerprint density at radius 3 is 2.50 bits per heavy atom. The van der Waals surface area contributed by atoms with Crippen molar-refractivity contribution in [1.29, 1.82) is 0 Å². The van der Waals surface area contributed by atoms with Crippen LogP contribution in [0.5, 0.6) is 0 Å². The number of halogens is 1. The average Bonchev–Trinajstić information content (AvgIpc) is 3.12. The van der Waals surface area contributed by atoms with Gasteiger partial charge in [-0.1, -0.05) is 23.7 Å². The Bertz CT molecular complexity index is 827. The molecule has 0 radical (unpaired) electrons. The van der Waals surface area contributed by atoms with E-state index >= 15 is 0 Å². The SMILES string of the molecule is COCc1ccc(C(=O)Nc2ccc(Cl)cc2-n2cccc2)cc1. The van der Waals surface area contributed by atoms with Crippen molar-refractivity contribution < 1.29 is 9.53 Å². The first-order valence-corrected chi connectivity index (χ1v) is 7.87. The Hall–Kier alpha value is -2.56. The van der Waals surface area contributed by atoms with Gasteiger partial charge in [-0.25, -0.2) is 0 Å². The van der Waals surface area contributed by atoms with Gasteiger partial charge >= 0.3 is 0 Å². The molecule has 24 heavy (non-hydrogen) atoms. The van der Waals surface area contributed by atoms with Crippen molar-refractivity contribution >= 4 is 23.2 Å². The first-order valence-electron chi connectivity index (χ1n) is 7.49. The quantitative estimate of drug-likeness (QED) is 0.741. The number of nitrogens with one attached hydrogen (secondary N) is 1. The van der Waals surface area contributed by atoms with Gasteiger partial charge in [0.2, 0.25) is 0 Å². The summed E-state index contributed by atoms with van der Waals surface area (Å²) < 4.78 is 6.98. The molecular weight excluding hydrogens is 324 g/mol. The van der Waals surface area contributed by atoms with Gasteiger partial charge in [0.25, 0.3) is 5.91 Å². The second-order valence-electron chi connectivity index (χ2n) is 5.34. The van der Waals surface area contributed by atoms with Crippen LogP contribution in [-0.4, -0.2) is 17.6 Å². The van der Waals surface area contributed by atoms with Crippen LogP contribution in [0.15, 0.2) is 67.0 Å². The first kappa shape index (κ1) is 16.3. The van der Waals surface area contributed by atoms with E-state index in [1.165, 1.54) is 0 Å². The van der Waals surface area contributed by atoms with Crippen LogP contribution in [0.1, 0.15) is 15.9 Å². The largest absolute Gasteiger partial charge is 0.380 e. The monoisotopic (exact) mass is 340 g/mol. The third kappa shape index (κ3) is 3.67. The minimum atomic E-state index is -0.172. The van der Waals surface area contributed by atoms with Gasteiger partial charge < -0.3 is 14.6 Å². The van der Waals surface area contributed by atoms with Crippen LogP contribution >= 0.6 is 11.6 Å². The summed E-state index contributed by atoms with van der Waals surface area (Å²) in [5.41, 5.74) is 3.12. The molecule has 0 bridgehead atoms. The number of carbonyl (C=O) groups is 1. The number of carbonyl (C=O) groups excluding carboxylic acids is 1. The Morgan fingerprint density at radius 1 is 1.12 bits per heavy atom. The maximum absolute atomic E-state index is 12.5. The Morgan fingerprint density at radius 2 is 1.83 bits per heavy atom. The Labute approximate surface area is 145 Å². The average molecular weight is 341 g/mol. The predicted octanol–water partition coefficient (Wildman–Crippen LogP) is 4.53. The van der Waals surface area contributed by atoms with E-state index < -0.39 is 0 Å². The number of rotatable bonds is 5. The molecular formula is C19H17ClN2O2. The highest BCUT2D eigenvalue weighted by molar-refractivity contribution is 6.31. The van der Waals surface area contributed by atoms with Gasteiger partial charge in [-0.05, 0) is 48.0 Å². The number of hydrogen-bond donors (Lipinski definition) is 1. The molecule has 3 aromatic rings. The lowest BCUT2D eigenvalue weighted by atomic mass is 10.1. The van der Waals surface area contributed by atoms with Crippen molar-refractivity contribution in [1.82, 2.24) is 4.57 Å². The smallest absolute Gasteiger partial charge is 0.255 e. The molecule has 1 amide bonds. The van der Waals surface area contributed by atoms with E-state index in [1.807, 2.05) is 47.3 Å². The number of ether oxygens (including phenoxy) is 1.